The highest BCUT2D eigenvalue weighted by Gasteiger charge is 2.30. The number of aryl methyl sites for hydroxylation is 1. The van der Waals surface area contributed by atoms with Crippen molar-refractivity contribution in [1.82, 2.24) is 29.7 Å². The Hall–Kier alpha value is -3.92. The topological polar surface area (TPSA) is 211 Å². The third-order valence-corrected chi connectivity index (χ3v) is 5.93. The van der Waals surface area contributed by atoms with Crippen LogP contribution in [0.4, 0.5) is 11.9 Å². The van der Waals surface area contributed by atoms with Gasteiger partial charge in [0, 0.05) is 5.54 Å². The maximum atomic E-state index is 11.1. The van der Waals surface area contributed by atoms with Gasteiger partial charge in [0.15, 0.2) is 0 Å². The average Bonchev–Trinajstić information content (AvgIpc) is 3.49. The van der Waals surface area contributed by atoms with E-state index >= 15 is 0 Å². The van der Waals surface area contributed by atoms with Crippen LogP contribution in [0.5, 0.6) is 0 Å². The second-order valence-electron chi connectivity index (χ2n) is 9.59. The number of oxime groups is 2. The lowest BCUT2D eigenvalue weighted by atomic mass is 9.94. The molecule has 0 fully saturated rings. The Morgan fingerprint density at radius 3 is 2.22 bits per heavy atom. The molecule has 16 nitrogen and oxygen atoms in total. The third-order valence-electron chi connectivity index (χ3n) is 5.93. The van der Waals surface area contributed by atoms with Crippen LogP contribution in [0.3, 0.4) is 0 Å². The summed E-state index contributed by atoms with van der Waals surface area (Å²) in [4.78, 5) is 28.3. The molecule has 2 aromatic rings. The van der Waals surface area contributed by atoms with E-state index in [1.165, 1.54) is 23.2 Å². The number of nitro groups is 2. The quantitative estimate of drug-likeness (QED) is 0.0669. The third kappa shape index (κ3) is 8.32. The zero-order valence-corrected chi connectivity index (χ0v) is 21.4. The number of nitrogens with zero attached hydrogens (tertiary/aromatic N) is 8. The van der Waals surface area contributed by atoms with E-state index in [0.717, 1.165) is 23.8 Å². The van der Waals surface area contributed by atoms with Gasteiger partial charge in [0.05, 0.1) is 24.2 Å². The Balaban J connectivity index is 1.80. The predicted molar refractivity (Wildman–Crippen MR) is 134 cm³/mol. The smallest absolute Gasteiger partial charge is 0.411 e. The maximum Gasteiger partial charge on any atom is 0.440 e. The van der Waals surface area contributed by atoms with Crippen molar-refractivity contribution in [2.45, 2.75) is 71.0 Å². The van der Waals surface area contributed by atoms with Crippen molar-refractivity contribution in [3.05, 3.63) is 45.0 Å². The zero-order chi connectivity index (χ0) is 27.6. The highest BCUT2D eigenvalue weighted by Crippen LogP contribution is 2.16. The van der Waals surface area contributed by atoms with Crippen molar-refractivity contribution in [1.29, 1.82) is 0 Å². The second kappa shape index (κ2) is 12.9. The molecule has 16 heteroatoms. The molecule has 0 saturated carbocycles. The van der Waals surface area contributed by atoms with Gasteiger partial charge in [-0.25, -0.2) is 4.57 Å². The lowest BCUT2D eigenvalue weighted by Crippen LogP contribution is -2.49. The molecule has 0 atom stereocenters. The van der Waals surface area contributed by atoms with Crippen LogP contribution in [0.1, 0.15) is 53.4 Å². The summed E-state index contributed by atoms with van der Waals surface area (Å²) in [7, 11) is 0. The Morgan fingerprint density at radius 1 is 0.973 bits per heavy atom. The molecular formula is C21H34N10O6. The van der Waals surface area contributed by atoms with Gasteiger partial charge in [-0.2, -0.15) is 4.57 Å². The van der Waals surface area contributed by atoms with Crippen molar-refractivity contribution in [3.8, 4) is 0 Å². The summed E-state index contributed by atoms with van der Waals surface area (Å²) in [5.41, 5.74) is -0.783. The van der Waals surface area contributed by atoms with Crippen LogP contribution >= 0.6 is 0 Å². The number of aromatic nitrogens is 4. The van der Waals surface area contributed by atoms with Crippen molar-refractivity contribution >= 4 is 23.4 Å². The van der Waals surface area contributed by atoms with E-state index in [2.05, 4.69) is 44.8 Å². The number of hydrogen-bond donors (Lipinski definition) is 4. The highest BCUT2D eigenvalue weighted by molar-refractivity contribution is 6.08. The van der Waals surface area contributed by atoms with Crippen molar-refractivity contribution in [2.24, 2.45) is 10.3 Å². The molecule has 2 heterocycles. The fourth-order valence-electron chi connectivity index (χ4n) is 3.78. The lowest BCUT2D eigenvalue weighted by Gasteiger charge is -2.29. The van der Waals surface area contributed by atoms with Gasteiger partial charge in [0.1, 0.15) is 24.8 Å². The SMILES string of the molecule is CC(C)(CCCn1ccnc1[N+](=O)[O-])NCCCNC(C)(C)/C(C/C(=N/O)n1ccnc1[N+](=O)[O-])=N/O. The van der Waals surface area contributed by atoms with Gasteiger partial charge in [-0.05, 0) is 69.9 Å². The van der Waals surface area contributed by atoms with Gasteiger partial charge in [-0.1, -0.05) is 20.3 Å². The first kappa shape index (κ1) is 29.3. The summed E-state index contributed by atoms with van der Waals surface area (Å²) >= 11 is 0. The summed E-state index contributed by atoms with van der Waals surface area (Å²) in [5, 5.41) is 54.3. The summed E-state index contributed by atoms with van der Waals surface area (Å²) in [6.45, 7) is 9.45. The van der Waals surface area contributed by atoms with Crippen LogP contribution < -0.4 is 10.6 Å². The van der Waals surface area contributed by atoms with Gasteiger partial charge in [0.2, 0.25) is 5.84 Å². The largest absolute Gasteiger partial charge is 0.440 e. The molecule has 0 bridgehead atoms. The van der Waals surface area contributed by atoms with E-state index in [1.54, 1.807) is 20.0 Å². The number of imidazole rings is 2. The van der Waals surface area contributed by atoms with Gasteiger partial charge < -0.3 is 41.3 Å². The summed E-state index contributed by atoms with van der Waals surface area (Å²) in [6.07, 6.45) is 7.63. The van der Waals surface area contributed by atoms with Gasteiger partial charge in [-0.15, -0.1) is 0 Å². The molecule has 0 aliphatic rings. The summed E-state index contributed by atoms with van der Waals surface area (Å²) in [5.74, 6) is -0.796. The van der Waals surface area contributed by atoms with E-state index in [-0.39, 0.29) is 29.5 Å². The van der Waals surface area contributed by atoms with E-state index in [4.69, 9.17) is 0 Å². The summed E-state index contributed by atoms with van der Waals surface area (Å²) < 4.78 is 2.54. The molecule has 0 radical (unpaired) electrons. The molecule has 37 heavy (non-hydrogen) atoms. The van der Waals surface area contributed by atoms with Crippen molar-refractivity contribution in [3.63, 3.8) is 0 Å². The van der Waals surface area contributed by atoms with E-state index in [1.807, 2.05) is 0 Å². The molecule has 2 rings (SSSR count). The van der Waals surface area contributed by atoms with Crippen LogP contribution in [0.25, 0.3) is 0 Å². The minimum atomic E-state index is -0.810. The number of nitrogens with one attached hydrogen (secondary N) is 2. The molecular weight excluding hydrogens is 488 g/mol. The maximum absolute atomic E-state index is 11.1. The van der Waals surface area contributed by atoms with Gasteiger partial charge in [0.25, 0.3) is 0 Å². The monoisotopic (exact) mass is 522 g/mol. The summed E-state index contributed by atoms with van der Waals surface area (Å²) in [6, 6.07) is 0. The zero-order valence-electron chi connectivity index (χ0n) is 21.4. The molecule has 0 spiro atoms. The molecule has 0 aliphatic carbocycles. The molecule has 0 aromatic carbocycles. The van der Waals surface area contributed by atoms with Crippen LogP contribution in [-0.4, -0.2) is 75.1 Å². The molecule has 0 saturated heterocycles. The molecule has 204 valence electrons. The Kier molecular flexibility index (Phi) is 10.2. The first-order valence-electron chi connectivity index (χ1n) is 11.7. The normalized spacial score (nSPS) is 13.2. The first-order valence-corrected chi connectivity index (χ1v) is 11.7. The molecule has 0 amide bonds. The van der Waals surface area contributed by atoms with Crippen LogP contribution in [0, 0.1) is 20.2 Å². The van der Waals surface area contributed by atoms with Crippen LogP contribution in [0.2, 0.25) is 0 Å². The predicted octanol–water partition coefficient (Wildman–Crippen LogP) is 2.36. The fraction of sp³-hybridized carbons (Fsp3) is 0.619. The molecule has 0 aliphatic heterocycles. The van der Waals surface area contributed by atoms with Gasteiger partial charge >= 0.3 is 11.9 Å². The van der Waals surface area contributed by atoms with Crippen LogP contribution in [0.15, 0.2) is 35.1 Å². The number of hydrogen-bond acceptors (Lipinski definition) is 12. The highest BCUT2D eigenvalue weighted by atomic mass is 16.6. The lowest BCUT2D eigenvalue weighted by molar-refractivity contribution is -0.396. The first-order chi connectivity index (χ1) is 17.4. The van der Waals surface area contributed by atoms with Crippen molar-refractivity contribution in [2.75, 3.05) is 13.1 Å². The number of rotatable bonds is 15. The van der Waals surface area contributed by atoms with Gasteiger partial charge in [-0.3, -0.25) is 0 Å². The van der Waals surface area contributed by atoms with E-state index in [9.17, 15) is 30.6 Å². The Morgan fingerprint density at radius 2 is 1.59 bits per heavy atom. The fourth-order valence-corrected chi connectivity index (χ4v) is 3.78. The standard InChI is InChI=1S/C21H34N10O6/c1-20(2,7-5-12-28-13-10-22-18(28)30(34)35)24-8-6-9-25-21(3,4)16(26-32)15-17(27-33)29-14-11-23-19(29)31(36)37/h10-11,13-14,24-25,32-33H,5-9,12,15H2,1-4H3/b26-16+,27-17-. The Bertz CT molecular complexity index is 1120. The molecule has 2 aromatic heterocycles. The average molecular weight is 523 g/mol. The minimum absolute atomic E-state index is 0.115. The Labute approximate surface area is 213 Å². The molecule has 0 unspecified atom stereocenters. The second-order valence-corrected chi connectivity index (χ2v) is 9.59. The minimum Gasteiger partial charge on any atom is -0.411 e. The van der Waals surface area contributed by atoms with E-state index < -0.39 is 21.3 Å². The van der Waals surface area contributed by atoms with Crippen LogP contribution in [-0.2, 0) is 6.54 Å². The van der Waals surface area contributed by atoms with E-state index in [0.29, 0.717) is 19.6 Å². The molecule has 4 N–H and O–H groups in total. The van der Waals surface area contributed by atoms with Crippen molar-refractivity contribution < 1.29 is 20.3 Å².